The molecule has 1 aliphatic heterocycles. The summed E-state index contributed by atoms with van der Waals surface area (Å²) in [6.45, 7) is 0.953. The number of rotatable bonds is 5. The van der Waals surface area contributed by atoms with E-state index in [0.29, 0.717) is 17.6 Å². The van der Waals surface area contributed by atoms with E-state index < -0.39 is 11.7 Å². The summed E-state index contributed by atoms with van der Waals surface area (Å²) in [6, 6.07) is 14.4. The highest BCUT2D eigenvalue weighted by molar-refractivity contribution is 9.10. The highest BCUT2D eigenvalue weighted by atomic mass is 79.9. The first-order valence-corrected chi connectivity index (χ1v) is 8.90. The Balaban J connectivity index is 1.57. The molecular formula is C19H18BrFN2O2. The van der Waals surface area contributed by atoms with Crippen LogP contribution in [0, 0.1) is 11.7 Å². The molecule has 1 N–H and O–H groups in total. The molecule has 0 saturated carbocycles. The van der Waals surface area contributed by atoms with Crippen molar-refractivity contribution in [3.63, 3.8) is 0 Å². The van der Waals surface area contributed by atoms with Gasteiger partial charge < -0.3 is 10.2 Å². The monoisotopic (exact) mass is 404 g/mol. The van der Waals surface area contributed by atoms with Crippen molar-refractivity contribution in [2.24, 2.45) is 5.92 Å². The Kier molecular flexibility index (Phi) is 5.48. The van der Waals surface area contributed by atoms with Gasteiger partial charge in [0.05, 0.1) is 11.6 Å². The molecule has 0 aliphatic carbocycles. The van der Waals surface area contributed by atoms with E-state index in [1.54, 1.807) is 11.0 Å². The highest BCUT2D eigenvalue weighted by Crippen LogP contribution is 2.23. The number of hydrogen-bond donors (Lipinski definition) is 1. The molecule has 3 rings (SSSR count). The van der Waals surface area contributed by atoms with E-state index in [2.05, 4.69) is 21.2 Å². The number of halogens is 2. The smallest absolute Gasteiger partial charge is 0.229 e. The van der Waals surface area contributed by atoms with Gasteiger partial charge >= 0.3 is 0 Å². The standard InChI is InChI=1S/C19H18BrFN2O2/c20-15-6-7-17(16(21)11-15)22-19(25)14-10-18(24)23(12-14)9-8-13-4-2-1-3-5-13/h1-7,11,14H,8-10,12H2,(H,22,25). The molecule has 1 unspecified atom stereocenters. The maximum Gasteiger partial charge on any atom is 0.229 e. The Morgan fingerprint density at radius 1 is 1.24 bits per heavy atom. The van der Waals surface area contributed by atoms with Crippen LogP contribution in [0.15, 0.2) is 53.0 Å². The molecular weight excluding hydrogens is 387 g/mol. The average Bonchev–Trinajstić information content (AvgIpc) is 2.97. The molecule has 25 heavy (non-hydrogen) atoms. The van der Waals surface area contributed by atoms with Gasteiger partial charge in [0.15, 0.2) is 0 Å². The first-order valence-electron chi connectivity index (χ1n) is 8.10. The average molecular weight is 405 g/mol. The van der Waals surface area contributed by atoms with Crippen LogP contribution in [0.25, 0.3) is 0 Å². The van der Waals surface area contributed by atoms with Crippen LogP contribution in [0.4, 0.5) is 10.1 Å². The molecule has 2 aromatic rings. The van der Waals surface area contributed by atoms with E-state index in [9.17, 15) is 14.0 Å². The summed E-state index contributed by atoms with van der Waals surface area (Å²) >= 11 is 3.18. The summed E-state index contributed by atoms with van der Waals surface area (Å²) in [6.07, 6.45) is 0.918. The fourth-order valence-electron chi connectivity index (χ4n) is 2.90. The molecule has 1 heterocycles. The van der Waals surface area contributed by atoms with Gasteiger partial charge in [-0.2, -0.15) is 0 Å². The number of hydrogen-bond acceptors (Lipinski definition) is 2. The third kappa shape index (κ3) is 4.45. The maximum atomic E-state index is 13.8. The van der Waals surface area contributed by atoms with Crippen LogP contribution in [0.3, 0.4) is 0 Å². The summed E-state index contributed by atoms with van der Waals surface area (Å²) in [5, 5.41) is 2.58. The molecule has 1 atom stereocenters. The fourth-order valence-corrected chi connectivity index (χ4v) is 3.23. The summed E-state index contributed by atoms with van der Waals surface area (Å²) in [5.41, 5.74) is 1.28. The molecule has 1 saturated heterocycles. The molecule has 1 fully saturated rings. The Bertz CT molecular complexity index is 782. The quantitative estimate of drug-likeness (QED) is 0.826. The summed E-state index contributed by atoms with van der Waals surface area (Å²) in [7, 11) is 0. The predicted molar refractivity (Wildman–Crippen MR) is 97.6 cm³/mol. The van der Waals surface area contributed by atoms with Crippen molar-refractivity contribution in [3.8, 4) is 0 Å². The molecule has 0 aromatic heterocycles. The Hall–Kier alpha value is -2.21. The molecule has 2 aromatic carbocycles. The molecule has 0 spiro atoms. The minimum absolute atomic E-state index is 0.0349. The first kappa shape index (κ1) is 17.6. The van der Waals surface area contributed by atoms with Crippen LogP contribution in [0.2, 0.25) is 0 Å². The van der Waals surface area contributed by atoms with Gasteiger partial charge in [-0.05, 0) is 30.2 Å². The lowest BCUT2D eigenvalue weighted by atomic mass is 10.1. The first-order chi connectivity index (χ1) is 12.0. The van der Waals surface area contributed by atoms with Crippen LogP contribution in [0.1, 0.15) is 12.0 Å². The Labute approximate surface area is 154 Å². The molecule has 1 aliphatic rings. The number of nitrogens with one attached hydrogen (secondary N) is 1. The van der Waals surface area contributed by atoms with E-state index in [1.165, 1.54) is 12.1 Å². The third-order valence-corrected chi connectivity index (χ3v) is 4.78. The maximum absolute atomic E-state index is 13.8. The second kappa shape index (κ2) is 7.78. The van der Waals surface area contributed by atoms with Crippen LogP contribution >= 0.6 is 15.9 Å². The molecule has 2 amide bonds. The second-order valence-electron chi connectivity index (χ2n) is 6.09. The zero-order chi connectivity index (χ0) is 17.8. The molecule has 4 nitrogen and oxygen atoms in total. The van der Waals surface area contributed by atoms with E-state index in [0.717, 1.165) is 12.0 Å². The van der Waals surface area contributed by atoms with Crippen LogP contribution in [-0.2, 0) is 16.0 Å². The lowest BCUT2D eigenvalue weighted by Gasteiger charge is -2.16. The molecule has 6 heteroatoms. The van der Waals surface area contributed by atoms with Gasteiger partial charge in [0, 0.05) is 24.0 Å². The van der Waals surface area contributed by atoms with Crippen LogP contribution < -0.4 is 5.32 Å². The van der Waals surface area contributed by atoms with E-state index in [4.69, 9.17) is 0 Å². The second-order valence-corrected chi connectivity index (χ2v) is 7.01. The number of anilines is 1. The molecule has 0 radical (unpaired) electrons. The minimum Gasteiger partial charge on any atom is -0.342 e. The van der Waals surface area contributed by atoms with Crippen molar-refractivity contribution >= 4 is 33.4 Å². The number of likely N-dealkylation sites (tertiary alicyclic amines) is 1. The highest BCUT2D eigenvalue weighted by Gasteiger charge is 2.34. The summed E-state index contributed by atoms with van der Waals surface area (Å²) in [4.78, 5) is 26.2. The van der Waals surface area contributed by atoms with E-state index >= 15 is 0 Å². The van der Waals surface area contributed by atoms with Crippen molar-refractivity contribution in [2.75, 3.05) is 18.4 Å². The fraction of sp³-hybridized carbons (Fsp3) is 0.263. The van der Waals surface area contributed by atoms with Crippen molar-refractivity contribution in [1.82, 2.24) is 4.90 Å². The van der Waals surface area contributed by atoms with Crippen LogP contribution in [0.5, 0.6) is 0 Å². The summed E-state index contributed by atoms with van der Waals surface area (Å²) < 4.78 is 14.4. The Morgan fingerprint density at radius 3 is 2.72 bits per heavy atom. The van der Waals surface area contributed by atoms with Crippen molar-refractivity contribution in [1.29, 1.82) is 0 Å². The van der Waals surface area contributed by atoms with Gasteiger partial charge in [-0.1, -0.05) is 46.3 Å². The molecule has 130 valence electrons. The van der Waals surface area contributed by atoms with Gasteiger partial charge in [0.2, 0.25) is 11.8 Å². The van der Waals surface area contributed by atoms with Crippen molar-refractivity contribution < 1.29 is 14.0 Å². The number of nitrogens with zero attached hydrogens (tertiary/aromatic N) is 1. The number of amides is 2. The van der Waals surface area contributed by atoms with Crippen molar-refractivity contribution in [3.05, 3.63) is 64.4 Å². The SMILES string of the molecule is O=C(Nc1ccc(Br)cc1F)C1CC(=O)N(CCc2ccccc2)C1. The zero-order valence-electron chi connectivity index (χ0n) is 13.5. The number of carbonyl (C=O) groups is 2. The number of benzene rings is 2. The summed E-state index contributed by atoms with van der Waals surface area (Å²) in [5.74, 6) is -1.32. The van der Waals surface area contributed by atoms with Gasteiger partial charge in [0.1, 0.15) is 5.82 Å². The lowest BCUT2D eigenvalue weighted by Crippen LogP contribution is -2.30. The van der Waals surface area contributed by atoms with Gasteiger partial charge in [-0.15, -0.1) is 0 Å². The third-order valence-electron chi connectivity index (χ3n) is 4.29. The topological polar surface area (TPSA) is 49.4 Å². The molecule has 0 bridgehead atoms. The zero-order valence-corrected chi connectivity index (χ0v) is 15.1. The minimum atomic E-state index is -0.506. The van der Waals surface area contributed by atoms with Crippen LogP contribution in [-0.4, -0.2) is 29.8 Å². The lowest BCUT2D eigenvalue weighted by molar-refractivity contribution is -0.128. The van der Waals surface area contributed by atoms with Gasteiger partial charge in [-0.3, -0.25) is 9.59 Å². The normalized spacial score (nSPS) is 17.0. The van der Waals surface area contributed by atoms with Gasteiger partial charge in [-0.25, -0.2) is 4.39 Å². The van der Waals surface area contributed by atoms with Gasteiger partial charge in [0.25, 0.3) is 0 Å². The van der Waals surface area contributed by atoms with E-state index in [1.807, 2.05) is 30.3 Å². The largest absolute Gasteiger partial charge is 0.342 e. The van der Waals surface area contributed by atoms with Crippen molar-refractivity contribution in [2.45, 2.75) is 12.8 Å². The predicted octanol–water partition coefficient (Wildman–Crippen LogP) is 3.62. The van der Waals surface area contributed by atoms with E-state index in [-0.39, 0.29) is 23.9 Å². The Morgan fingerprint density at radius 2 is 2.00 bits per heavy atom. The number of carbonyl (C=O) groups excluding carboxylic acids is 2.